The molecular weight excluding hydrogens is 285 g/mol. The van der Waals surface area contributed by atoms with Crippen LogP contribution in [-0.2, 0) is 4.74 Å². The van der Waals surface area contributed by atoms with Crippen molar-refractivity contribution in [2.75, 3.05) is 13.2 Å². The molecule has 2 fully saturated rings. The second-order valence-corrected chi connectivity index (χ2v) is 5.96. The van der Waals surface area contributed by atoms with Gasteiger partial charge in [0.25, 0.3) is 5.91 Å². The van der Waals surface area contributed by atoms with E-state index in [1.807, 2.05) is 4.90 Å². The highest BCUT2D eigenvalue weighted by Crippen LogP contribution is 2.31. The number of halogens is 2. The minimum absolute atomic E-state index is 0.000309. The van der Waals surface area contributed by atoms with Crippen LogP contribution in [0.25, 0.3) is 0 Å². The molecule has 102 valence electrons. The first-order valence-corrected chi connectivity index (χ1v) is 7.28. The molecule has 19 heavy (non-hydrogen) atoms. The van der Waals surface area contributed by atoms with Crippen molar-refractivity contribution in [2.24, 2.45) is 0 Å². The van der Waals surface area contributed by atoms with Crippen LogP contribution in [0.5, 0.6) is 0 Å². The molecule has 1 aromatic carbocycles. The van der Waals surface area contributed by atoms with Crippen LogP contribution in [0.4, 0.5) is 0 Å². The lowest BCUT2D eigenvalue weighted by atomic mass is 9.93. The molecular formula is C14H15Cl2NO2. The highest BCUT2D eigenvalue weighted by atomic mass is 35.5. The molecule has 0 aliphatic carbocycles. The Morgan fingerprint density at radius 2 is 1.89 bits per heavy atom. The first-order valence-electron chi connectivity index (χ1n) is 6.52. The molecule has 3 nitrogen and oxygen atoms in total. The van der Waals surface area contributed by atoms with E-state index in [1.54, 1.807) is 18.2 Å². The van der Waals surface area contributed by atoms with Crippen molar-refractivity contribution in [3.05, 3.63) is 33.8 Å². The summed E-state index contributed by atoms with van der Waals surface area (Å²) in [6.07, 6.45) is 3.18. The number of rotatable bonds is 1. The van der Waals surface area contributed by atoms with Crippen LogP contribution in [0.1, 0.15) is 29.6 Å². The maximum absolute atomic E-state index is 12.7. The molecule has 0 aromatic heterocycles. The van der Waals surface area contributed by atoms with E-state index in [0.29, 0.717) is 28.8 Å². The standard InChI is InChI=1S/C14H15Cl2NO2/c15-9-4-5-12(13(16)6-9)14(18)17-10-2-1-3-11(17)8-19-7-10/h4-6,10-11H,1-3,7-8H2/t10-,11-/m1/s1. The molecule has 1 aromatic rings. The Kier molecular flexibility index (Phi) is 3.70. The number of benzene rings is 1. The second kappa shape index (κ2) is 5.31. The van der Waals surface area contributed by atoms with Crippen LogP contribution < -0.4 is 0 Å². The highest BCUT2D eigenvalue weighted by Gasteiger charge is 2.38. The Hall–Kier alpha value is -0.770. The number of hydrogen-bond donors (Lipinski definition) is 0. The molecule has 0 radical (unpaired) electrons. The van der Waals surface area contributed by atoms with Crippen LogP contribution in [0.15, 0.2) is 18.2 Å². The summed E-state index contributed by atoms with van der Waals surface area (Å²) in [6.45, 7) is 1.26. The summed E-state index contributed by atoms with van der Waals surface area (Å²) >= 11 is 12.0. The molecule has 2 atom stereocenters. The Labute approximate surface area is 122 Å². The van der Waals surface area contributed by atoms with Crippen molar-refractivity contribution in [1.29, 1.82) is 0 Å². The van der Waals surface area contributed by atoms with Gasteiger partial charge in [-0.15, -0.1) is 0 Å². The quantitative estimate of drug-likeness (QED) is 0.795. The van der Waals surface area contributed by atoms with Crippen molar-refractivity contribution in [3.8, 4) is 0 Å². The number of amides is 1. The van der Waals surface area contributed by atoms with Gasteiger partial charge < -0.3 is 9.64 Å². The van der Waals surface area contributed by atoms with Crippen molar-refractivity contribution in [2.45, 2.75) is 31.3 Å². The minimum atomic E-state index is -0.000309. The molecule has 0 spiro atoms. The molecule has 2 saturated heterocycles. The summed E-state index contributed by atoms with van der Waals surface area (Å²) in [5.74, 6) is -0.000309. The van der Waals surface area contributed by atoms with Crippen LogP contribution in [-0.4, -0.2) is 36.1 Å². The molecule has 5 heteroatoms. The Balaban J connectivity index is 1.90. The second-order valence-electron chi connectivity index (χ2n) is 5.11. The average molecular weight is 300 g/mol. The topological polar surface area (TPSA) is 29.5 Å². The minimum Gasteiger partial charge on any atom is -0.377 e. The van der Waals surface area contributed by atoms with Crippen molar-refractivity contribution in [1.82, 2.24) is 4.90 Å². The van der Waals surface area contributed by atoms with Crippen molar-refractivity contribution >= 4 is 29.1 Å². The third-order valence-corrected chi connectivity index (χ3v) is 4.43. The fraction of sp³-hybridized carbons (Fsp3) is 0.500. The van der Waals surface area contributed by atoms with E-state index < -0.39 is 0 Å². The maximum atomic E-state index is 12.7. The summed E-state index contributed by atoms with van der Waals surface area (Å²) in [5.41, 5.74) is 0.532. The monoisotopic (exact) mass is 299 g/mol. The Morgan fingerprint density at radius 3 is 2.53 bits per heavy atom. The lowest BCUT2D eigenvalue weighted by Crippen LogP contribution is -2.57. The number of ether oxygens (including phenoxy) is 1. The molecule has 0 saturated carbocycles. The predicted octanol–water partition coefficient (Wildman–Crippen LogP) is 3.39. The van der Waals surface area contributed by atoms with E-state index in [1.165, 1.54) is 0 Å². The van der Waals surface area contributed by atoms with Gasteiger partial charge in [0.2, 0.25) is 0 Å². The van der Waals surface area contributed by atoms with Crippen LogP contribution in [0, 0.1) is 0 Å². The van der Waals surface area contributed by atoms with Gasteiger partial charge >= 0.3 is 0 Å². The van der Waals surface area contributed by atoms with E-state index in [-0.39, 0.29) is 18.0 Å². The number of morpholine rings is 1. The fourth-order valence-corrected chi connectivity index (χ4v) is 3.46. The number of piperidine rings is 1. The zero-order chi connectivity index (χ0) is 13.4. The van der Waals surface area contributed by atoms with Gasteiger partial charge in [0.15, 0.2) is 0 Å². The SMILES string of the molecule is O=C(c1ccc(Cl)cc1Cl)N1[C@@H]2CCC[C@@H]1COC2. The highest BCUT2D eigenvalue weighted by molar-refractivity contribution is 6.36. The van der Waals surface area contributed by atoms with Gasteiger partial charge in [-0.05, 0) is 37.5 Å². The molecule has 3 rings (SSSR count). The molecule has 0 unspecified atom stereocenters. The number of hydrogen-bond acceptors (Lipinski definition) is 2. The maximum Gasteiger partial charge on any atom is 0.256 e. The first-order chi connectivity index (χ1) is 9.16. The third kappa shape index (κ3) is 2.47. The number of carbonyl (C=O) groups excluding carboxylic acids is 1. The number of fused-ring (bicyclic) bond motifs is 2. The molecule has 0 N–H and O–H groups in total. The fourth-order valence-electron chi connectivity index (χ4n) is 2.97. The zero-order valence-electron chi connectivity index (χ0n) is 10.4. The van der Waals surface area contributed by atoms with Crippen LogP contribution in [0.2, 0.25) is 10.0 Å². The summed E-state index contributed by atoms with van der Waals surface area (Å²) in [4.78, 5) is 14.6. The van der Waals surface area contributed by atoms with Gasteiger partial charge in [0.1, 0.15) is 0 Å². The molecule has 2 aliphatic rings. The molecule has 2 bridgehead atoms. The van der Waals surface area contributed by atoms with Crippen LogP contribution in [0.3, 0.4) is 0 Å². The summed E-state index contributed by atoms with van der Waals surface area (Å²) in [7, 11) is 0. The Morgan fingerprint density at radius 1 is 1.21 bits per heavy atom. The van der Waals surface area contributed by atoms with Gasteiger partial charge in [0.05, 0.1) is 35.9 Å². The van der Waals surface area contributed by atoms with E-state index in [4.69, 9.17) is 27.9 Å². The zero-order valence-corrected chi connectivity index (χ0v) is 12.0. The van der Waals surface area contributed by atoms with E-state index in [0.717, 1.165) is 19.3 Å². The van der Waals surface area contributed by atoms with E-state index >= 15 is 0 Å². The number of carbonyl (C=O) groups is 1. The van der Waals surface area contributed by atoms with Gasteiger partial charge in [0, 0.05) is 5.02 Å². The van der Waals surface area contributed by atoms with Gasteiger partial charge in [-0.2, -0.15) is 0 Å². The smallest absolute Gasteiger partial charge is 0.256 e. The molecule has 1 amide bonds. The van der Waals surface area contributed by atoms with Crippen molar-refractivity contribution in [3.63, 3.8) is 0 Å². The van der Waals surface area contributed by atoms with Gasteiger partial charge in [-0.25, -0.2) is 0 Å². The molecule has 2 heterocycles. The van der Waals surface area contributed by atoms with Gasteiger partial charge in [-0.3, -0.25) is 4.79 Å². The summed E-state index contributed by atoms with van der Waals surface area (Å²) in [6, 6.07) is 5.40. The first kappa shape index (κ1) is 13.2. The predicted molar refractivity (Wildman–Crippen MR) is 74.9 cm³/mol. The van der Waals surface area contributed by atoms with E-state index in [9.17, 15) is 4.79 Å². The summed E-state index contributed by atoms with van der Waals surface area (Å²) < 4.78 is 5.55. The summed E-state index contributed by atoms with van der Waals surface area (Å²) in [5, 5.41) is 0.964. The normalized spacial score (nSPS) is 26.3. The lowest BCUT2D eigenvalue weighted by molar-refractivity contribution is -0.0565. The lowest BCUT2D eigenvalue weighted by Gasteiger charge is -2.45. The third-order valence-electron chi connectivity index (χ3n) is 3.88. The average Bonchev–Trinajstić information content (AvgIpc) is 2.37. The van der Waals surface area contributed by atoms with Gasteiger partial charge in [-0.1, -0.05) is 23.2 Å². The number of nitrogens with zero attached hydrogens (tertiary/aromatic N) is 1. The largest absolute Gasteiger partial charge is 0.377 e. The van der Waals surface area contributed by atoms with Crippen molar-refractivity contribution < 1.29 is 9.53 Å². The van der Waals surface area contributed by atoms with E-state index in [2.05, 4.69) is 0 Å². The Bertz CT molecular complexity index is 484. The molecule has 2 aliphatic heterocycles. The van der Waals surface area contributed by atoms with Crippen LogP contribution >= 0.6 is 23.2 Å².